The normalized spacial score (nSPS) is 25.0. The molecule has 1 spiro atoms. The summed E-state index contributed by atoms with van der Waals surface area (Å²) in [7, 11) is 0. The standard InChI is InChI=1S/C27H34N4O3/c1-18(2)34-22-8-5-19(6-9-22)26(32)31-13-20-4-3-11-28-25(20)29-23-10-7-21(12-24(23)31)30-14-27(15-30)16-33-17-27/h3-4,7,10-12,18-19,22H,5-6,8-9,13-17H2,1-2H3,(H,28,29). The molecule has 4 aliphatic rings. The van der Waals surface area contributed by atoms with Crippen LogP contribution in [0.2, 0.25) is 0 Å². The third-order valence-corrected chi connectivity index (χ3v) is 7.73. The van der Waals surface area contributed by atoms with Crippen molar-refractivity contribution < 1.29 is 14.3 Å². The number of nitrogens with zero attached hydrogens (tertiary/aromatic N) is 3. The first kappa shape index (κ1) is 21.9. The summed E-state index contributed by atoms with van der Waals surface area (Å²) in [6.07, 6.45) is 5.96. The van der Waals surface area contributed by atoms with Gasteiger partial charge in [0.25, 0.3) is 0 Å². The molecule has 0 atom stereocenters. The second-order valence-electron chi connectivity index (χ2n) is 10.8. The number of carbonyl (C=O) groups is 1. The van der Waals surface area contributed by atoms with Crippen molar-refractivity contribution in [1.29, 1.82) is 0 Å². The minimum absolute atomic E-state index is 0.0288. The summed E-state index contributed by atoms with van der Waals surface area (Å²) >= 11 is 0. The fourth-order valence-electron chi connectivity index (χ4n) is 5.87. The van der Waals surface area contributed by atoms with Crippen LogP contribution < -0.4 is 15.1 Å². The Morgan fingerprint density at radius 3 is 2.68 bits per heavy atom. The summed E-state index contributed by atoms with van der Waals surface area (Å²) in [6, 6.07) is 10.4. The molecule has 6 rings (SSSR count). The van der Waals surface area contributed by atoms with Gasteiger partial charge in [0.05, 0.1) is 48.8 Å². The molecule has 1 N–H and O–H groups in total. The summed E-state index contributed by atoms with van der Waals surface area (Å²) in [5, 5.41) is 3.50. The SMILES string of the molecule is CC(C)OC1CCC(C(=O)N2Cc3cccnc3Nc3ccc(N4CC5(COC5)C4)cc32)CC1. The number of benzene rings is 1. The van der Waals surface area contributed by atoms with Crippen LogP contribution in [0.3, 0.4) is 0 Å². The van der Waals surface area contributed by atoms with Crippen LogP contribution in [0.25, 0.3) is 0 Å². The van der Waals surface area contributed by atoms with Crippen molar-refractivity contribution in [2.75, 3.05) is 41.4 Å². The Hall–Kier alpha value is -2.64. The first-order valence-electron chi connectivity index (χ1n) is 12.6. The van der Waals surface area contributed by atoms with Crippen LogP contribution in [0.5, 0.6) is 0 Å². The fourth-order valence-corrected chi connectivity index (χ4v) is 5.87. The number of fused-ring (bicyclic) bond motifs is 2. The van der Waals surface area contributed by atoms with E-state index in [1.807, 2.05) is 11.0 Å². The van der Waals surface area contributed by atoms with E-state index in [1.165, 1.54) is 5.69 Å². The molecule has 3 aliphatic heterocycles. The van der Waals surface area contributed by atoms with Crippen molar-refractivity contribution in [2.45, 2.75) is 58.3 Å². The molecular formula is C27H34N4O3. The smallest absolute Gasteiger partial charge is 0.230 e. The third-order valence-electron chi connectivity index (χ3n) is 7.73. The zero-order valence-corrected chi connectivity index (χ0v) is 20.1. The maximum atomic E-state index is 13.9. The number of hydrogen-bond acceptors (Lipinski definition) is 6. The van der Waals surface area contributed by atoms with Crippen molar-refractivity contribution >= 4 is 28.8 Å². The Labute approximate surface area is 201 Å². The van der Waals surface area contributed by atoms with Gasteiger partial charge >= 0.3 is 0 Å². The lowest BCUT2D eigenvalue weighted by molar-refractivity contribution is -0.127. The van der Waals surface area contributed by atoms with Crippen molar-refractivity contribution in [3.63, 3.8) is 0 Å². The molecule has 1 aromatic carbocycles. The van der Waals surface area contributed by atoms with E-state index in [-0.39, 0.29) is 24.0 Å². The van der Waals surface area contributed by atoms with E-state index in [0.29, 0.717) is 12.0 Å². The van der Waals surface area contributed by atoms with Crippen molar-refractivity contribution in [2.24, 2.45) is 11.3 Å². The second kappa shape index (κ2) is 8.54. The van der Waals surface area contributed by atoms with Crippen molar-refractivity contribution in [1.82, 2.24) is 4.98 Å². The van der Waals surface area contributed by atoms with Crippen LogP contribution in [-0.2, 0) is 20.8 Å². The maximum absolute atomic E-state index is 13.9. The van der Waals surface area contributed by atoms with Crippen LogP contribution in [0.1, 0.15) is 45.1 Å². The Balaban J connectivity index is 1.27. The highest BCUT2D eigenvalue weighted by Gasteiger charge is 2.49. The number of anilines is 4. The molecule has 1 aromatic heterocycles. The quantitative estimate of drug-likeness (QED) is 0.722. The molecule has 1 amide bonds. The Bertz CT molecular complexity index is 1070. The van der Waals surface area contributed by atoms with E-state index < -0.39 is 0 Å². The average molecular weight is 463 g/mol. The molecule has 1 aliphatic carbocycles. The van der Waals surface area contributed by atoms with Gasteiger partial charge in [-0.2, -0.15) is 0 Å². The molecule has 180 valence electrons. The summed E-state index contributed by atoms with van der Waals surface area (Å²) in [5.74, 6) is 1.07. The summed E-state index contributed by atoms with van der Waals surface area (Å²) < 4.78 is 11.5. The number of amides is 1. The van der Waals surface area contributed by atoms with Crippen molar-refractivity contribution in [3.05, 3.63) is 42.1 Å². The topological polar surface area (TPSA) is 66.9 Å². The van der Waals surface area contributed by atoms with Crippen LogP contribution in [0.15, 0.2) is 36.5 Å². The lowest BCUT2D eigenvalue weighted by atomic mass is 9.78. The molecule has 7 heteroatoms. The zero-order chi connectivity index (χ0) is 23.3. The molecule has 2 saturated heterocycles. The average Bonchev–Trinajstić information content (AvgIpc) is 2.93. The minimum Gasteiger partial charge on any atom is -0.380 e. The van der Waals surface area contributed by atoms with Gasteiger partial charge < -0.3 is 24.6 Å². The van der Waals surface area contributed by atoms with E-state index in [4.69, 9.17) is 9.47 Å². The highest BCUT2D eigenvalue weighted by atomic mass is 16.5. The van der Waals surface area contributed by atoms with E-state index in [9.17, 15) is 4.79 Å². The molecule has 3 fully saturated rings. The Morgan fingerprint density at radius 1 is 1.18 bits per heavy atom. The van der Waals surface area contributed by atoms with Crippen LogP contribution in [-0.4, -0.2) is 49.4 Å². The van der Waals surface area contributed by atoms with E-state index >= 15 is 0 Å². The highest BCUT2D eigenvalue weighted by Crippen LogP contribution is 2.44. The molecule has 4 heterocycles. The van der Waals surface area contributed by atoms with Gasteiger partial charge in [0.2, 0.25) is 5.91 Å². The number of rotatable bonds is 4. The number of nitrogens with one attached hydrogen (secondary N) is 1. The van der Waals surface area contributed by atoms with E-state index in [2.05, 4.69) is 53.3 Å². The van der Waals surface area contributed by atoms with Gasteiger partial charge in [-0.25, -0.2) is 4.98 Å². The number of ether oxygens (including phenoxy) is 2. The molecule has 0 bridgehead atoms. The molecule has 7 nitrogen and oxygen atoms in total. The summed E-state index contributed by atoms with van der Waals surface area (Å²) in [6.45, 7) is 8.48. The summed E-state index contributed by atoms with van der Waals surface area (Å²) in [5.41, 5.74) is 4.45. The minimum atomic E-state index is 0.0288. The molecule has 2 aromatic rings. The predicted octanol–water partition coefficient (Wildman–Crippen LogP) is 4.49. The van der Waals surface area contributed by atoms with Gasteiger partial charge in [0, 0.05) is 36.5 Å². The molecular weight excluding hydrogens is 428 g/mol. The number of hydrogen-bond donors (Lipinski definition) is 1. The second-order valence-corrected chi connectivity index (χ2v) is 10.8. The van der Waals surface area contributed by atoms with Gasteiger partial charge in [-0.1, -0.05) is 6.07 Å². The van der Waals surface area contributed by atoms with Gasteiger partial charge in [0.15, 0.2) is 0 Å². The van der Waals surface area contributed by atoms with Gasteiger partial charge in [-0.05, 0) is 63.8 Å². The largest absolute Gasteiger partial charge is 0.380 e. The van der Waals surface area contributed by atoms with Crippen molar-refractivity contribution in [3.8, 4) is 0 Å². The van der Waals surface area contributed by atoms with E-state index in [1.54, 1.807) is 6.20 Å². The Morgan fingerprint density at radius 2 is 1.97 bits per heavy atom. The number of aromatic nitrogens is 1. The zero-order valence-electron chi connectivity index (χ0n) is 20.1. The van der Waals surface area contributed by atoms with Gasteiger partial charge in [-0.15, -0.1) is 0 Å². The maximum Gasteiger partial charge on any atom is 0.230 e. The lowest BCUT2D eigenvalue weighted by Crippen LogP contribution is -2.66. The first-order chi connectivity index (χ1) is 16.5. The fraction of sp³-hybridized carbons (Fsp3) is 0.556. The predicted molar refractivity (Wildman–Crippen MR) is 133 cm³/mol. The first-order valence-corrected chi connectivity index (χ1v) is 12.6. The van der Waals surface area contributed by atoms with Crippen LogP contribution >= 0.6 is 0 Å². The monoisotopic (exact) mass is 462 g/mol. The number of pyridine rings is 1. The highest BCUT2D eigenvalue weighted by molar-refractivity contribution is 6.00. The Kier molecular flexibility index (Phi) is 5.49. The van der Waals surface area contributed by atoms with E-state index in [0.717, 1.165) is 74.7 Å². The molecule has 1 saturated carbocycles. The van der Waals surface area contributed by atoms with Gasteiger partial charge in [-0.3, -0.25) is 4.79 Å². The van der Waals surface area contributed by atoms with Crippen LogP contribution in [0.4, 0.5) is 22.9 Å². The summed E-state index contributed by atoms with van der Waals surface area (Å²) in [4.78, 5) is 22.9. The number of carbonyl (C=O) groups excluding carboxylic acids is 1. The third kappa shape index (κ3) is 3.95. The molecule has 34 heavy (non-hydrogen) atoms. The molecule has 0 radical (unpaired) electrons. The molecule has 0 unspecified atom stereocenters. The van der Waals surface area contributed by atoms with Crippen LogP contribution in [0, 0.1) is 11.3 Å². The lowest BCUT2D eigenvalue weighted by Gasteiger charge is -2.56. The van der Waals surface area contributed by atoms with Gasteiger partial charge in [0.1, 0.15) is 5.82 Å².